The van der Waals surface area contributed by atoms with Crippen LogP contribution < -0.4 is 0 Å². The molecule has 2 aliphatic heterocycles. The van der Waals surface area contributed by atoms with Gasteiger partial charge in [0, 0.05) is 50.2 Å². The third-order valence-corrected chi connectivity index (χ3v) is 6.05. The van der Waals surface area contributed by atoms with Crippen molar-refractivity contribution in [3.8, 4) is 0 Å². The summed E-state index contributed by atoms with van der Waals surface area (Å²) in [5.74, 6) is 0.842. The third-order valence-electron chi connectivity index (χ3n) is 6.05. The average Bonchev–Trinajstić information content (AvgIpc) is 3.40. The Morgan fingerprint density at radius 1 is 1.16 bits per heavy atom. The van der Waals surface area contributed by atoms with E-state index in [2.05, 4.69) is 34.3 Å². The molecule has 1 amide bonds. The van der Waals surface area contributed by atoms with Crippen LogP contribution in [0, 0.1) is 19.8 Å². The van der Waals surface area contributed by atoms with Crippen LogP contribution >= 0.6 is 0 Å². The van der Waals surface area contributed by atoms with Gasteiger partial charge in [-0.05, 0) is 51.5 Å². The SMILES string of the molecule is Cc1cc(C(=O)N2CCC[C@H](CN3CCOCC3)C2)c(C)n1C1CC1. The maximum atomic E-state index is 13.1. The van der Waals surface area contributed by atoms with E-state index >= 15 is 0 Å². The predicted molar refractivity (Wildman–Crippen MR) is 98.1 cm³/mol. The lowest BCUT2D eigenvalue weighted by Crippen LogP contribution is -2.46. The van der Waals surface area contributed by atoms with Gasteiger partial charge in [-0.25, -0.2) is 0 Å². The molecule has 5 heteroatoms. The smallest absolute Gasteiger partial charge is 0.255 e. The van der Waals surface area contributed by atoms with Gasteiger partial charge in [-0.1, -0.05) is 0 Å². The maximum Gasteiger partial charge on any atom is 0.255 e. The van der Waals surface area contributed by atoms with Gasteiger partial charge in [0.15, 0.2) is 0 Å². The van der Waals surface area contributed by atoms with Gasteiger partial charge in [0.25, 0.3) is 5.91 Å². The second-order valence-corrected chi connectivity index (χ2v) is 8.06. The minimum absolute atomic E-state index is 0.242. The number of nitrogens with zero attached hydrogens (tertiary/aromatic N) is 3. The summed E-state index contributed by atoms with van der Waals surface area (Å²) in [4.78, 5) is 17.8. The fraction of sp³-hybridized carbons (Fsp3) is 0.750. The molecule has 0 radical (unpaired) electrons. The van der Waals surface area contributed by atoms with Gasteiger partial charge in [-0.3, -0.25) is 9.69 Å². The van der Waals surface area contributed by atoms with Crippen LogP contribution in [0.25, 0.3) is 0 Å². The quantitative estimate of drug-likeness (QED) is 0.842. The Bertz CT molecular complexity index is 629. The summed E-state index contributed by atoms with van der Waals surface area (Å²) >= 11 is 0. The Morgan fingerprint density at radius 3 is 2.64 bits per heavy atom. The maximum absolute atomic E-state index is 13.1. The van der Waals surface area contributed by atoms with Crippen molar-refractivity contribution in [1.29, 1.82) is 0 Å². The van der Waals surface area contributed by atoms with Crippen molar-refractivity contribution in [1.82, 2.24) is 14.4 Å². The van der Waals surface area contributed by atoms with Crippen LogP contribution in [0.15, 0.2) is 6.07 Å². The second-order valence-electron chi connectivity index (χ2n) is 8.06. The molecule has 1 aromatic rings. The second kappa shape index (κ2) is 7.12. The highest BCUT2D eigenvalue weighted by molar-refractivity contribution is 5.95. The number of hydrogen-bond donors (Lipinski definition) is 0. The molecule has 3 fully saturated rings. The normalized spacial score (nSPS) is 25.4. The van der Waals surface area contributed by atoms with Gasteiger partial charge in [0.1, 0.15) is 0 Å². The van der Waals surface area contributed by atoms with Crippen LogP contribution in [0.4, 0.5) is 0 Å². The van der Waals surface area contributed by atoms with E-state index in [4.69, 9.17) is 4.74 Å². The first-order valence-corrected chi connectivity index (χ1v) is 9.91. The molecule has 1 saturated carbocycles. The highest BCUT2D eigenvalue weighted by Gasteiger charge is 2.31. The molecule has 25 heavy (non-hydrogen) atoms. The Morgan fingerprint density at radius 2 is 1.92 bits per heavy atom. The Balaban J connectivity index is 1.42. The zero-order valence-electron chi connectivity index (χ0n) is 15.7. The summed E-state index contributed by atoms with van der Waals surface area (Å²) in [7, 11) is 0. The van der Waals surface area contributed by atoms with E-state index in [-0.39, 0.29) is 5.91 Å². The number of aryl methyl sites for hydroxylation is 1. The number of amides is 1. The lowest BCUT2D eigenvalue weighted by Gasteiger charge is -2.36. The van der Waals surface area contributed by atoms with E-state index in [1.807, 2.05) is 0 Å². The summed E-state index contributed by atoms with van der Waals surface area (Å²) < 4.78 is 7.83. The number of carbonyl (C=O) groups is 1. The molecule has 2 saturated heterocycles. The van der Waals surface area contributed by atoms with Gasteiger partial charge in [0.05, 0.1) is 18.8 Å². The topological polar surface area (TPSA) is 37.7 Å². The molecule has 4 rings (SSSR count). The van der Waals surface area contributed by atoms with Crippen LogP contribution in [0.2, 0.25) is 0 Å². The number of morpholine rings is 1. The molecule has 3 aliphatic rings. The van der Waals surface area contributed by atoms with E-state index in [1.165, 1.54) is 30.7 Å². The van der Waals surface area contributed by atoms with E-state index in [0.717, 1.165) is 57.9 Å². The molecule has 0 N–H and O–H groups in total. The number of rotatable bonds is 4. The first-order valence-electron chi connectivity index (χ1n) is 9.91. The van der Waals surface area contributed by atoms with Gasteiger partial charge < -0.3 is 14.2 Å². The molecule has 138 valence electrons. The van der Waals surface area contributed by atoms with Crippen molar-refractivity contribution in [3.05, 3.63) is 23.0 Å². The Labute approximate surface area is 150 Å². The molecular formula is C20H31N3O2. The van der Waals surface area contributed by atoms with Crippen molar-refractivity contribution in [2.45, 2.75) is 45.6 Å². The minimum Gasteiger partial charge on any atom is -0.379 e. The molecule has 5 nitrogen and oxygen atoms in total. The monoisotopic (exact) mass is 345 g/mol. The number of ether oxygens (including phenoxy) is 1. The van der Waals surface area contributed by atoms with Crippen molar-refractivity contribution < 1.29 is 9.53 Å². The van der Waals surface area contributed by atoms with Crippen molar-refractivity contribution in [2.24, 2.45) is 5.92 Å². The summed E-state index contributed by atoms with van der Waals surface area (Å²) in [6, 6.07) is 2.75. The molecule has 0 bridgehead atoms. The van der Waals surface area contributed by atoms with Gasteiger partial charge in [-0.15, -0.1) is 0 Å². The number of carbonyl (C=O) groups excluding carboxylic acids is 1. The van der Waals surface area contributed by atoms with Gasteiger partial charge in [-0.2, -0.15) is 0 Å². The highest BCUT2D eigenvalue weighted by atomic mass is 16.5. The van der Waals surface area contributed by atoms with Crippen LogP contribution in [-0.4, -0.2) is 66.2 Å². The first kappa shape index (κ1) is 17.1. The fourth-order valence-corrected chi connectivity index (χ4v) is 4.61. The van der Waals surface area contributed by atoms with E-state index in [9.17, 15) is 4.79 Å². The standard InChI is InChI=1S/C20H31N3O2/c1-15-12-19(16(2)23(15)18-5-6-18)20(24)22-7-3-4-17(14-22)13-21-8-10-25-11-9-21/h12,17-18H,3-11,13-14H2,1-2H3/t17-/m1/s1. The van der Waals surface area contributed by atoms with E-state index in [1.54, 1.807) is 0 Å². The van der Waals surface area contributed by atoms with Crippen molar-refractivity contribution in [2.75, 3.05) is 45.9 Å². The van der Waals surface area contributed by atoms with Crippen molar-refractivity contribution >= 4 is 5.91 Å². The van der Waals surface area contributed by atoms with Crippen LogP contribution in [0.5, 0.6) is 0 Å². The molecule has 0 aromatic carbocycles. The highest BCUT2D eigenvalue weighted by Crippen LogP contribution is 2.38. The lowest BCUT2D eigenvalue weighted by molar-refractivity contribution is 0.0223. The molecule has 1 aliphatic carbocycles. The van der Waals surface area contributed by atoms with Gasteiger partial charge >= 0.3 is 0 Å². The zero-order chi connectivity index (χ0) is 17.4. The molecule has 1 atom stereocenters. The van der Waals surface area contributed by atoms with Crippen LogP contribution in [0.3, 0.4) is 0 Å². The lowest BCUT2D eigenvalue weighted by atomic mass is 9.96. The summed E-state index contributed by atoms with van der Waals surface area (Å²) in [5.41, 5.74) is 3.34. The third kappa shape index (κ3) is 3.63. The predicted octanol–water partition coefficient (Wildman–Crippen LogP) is 2.62. The van der Waals surface area contributed by atoms with Crippen LogP contribution in [0.1, 0.15) is 53.5 Å². The van der Waals surface area contributed by atoms with E-state index < -0.39 is 0 Å². The number of aromatic nitrogens is 1. The largest absolute Gasteiger partial charge is 0.379 e. The number of likely N-dealkylation sites (tertiary alicyclic amines) is 1. The summed E-state index contributed by atoms with van der Waals surface area (Å²) in [6.45, 7) is 10.9. The first-order chi connectivity index (χ1) is 12.1. The average molecular weight is 345 g/mol. The van der Waals surface area contributed by atoms with Gasteiger partial charge in [0.2, 0.25) is 0 Å². The molecule has 1 aromatic heterocycles. The van der Waals surface area contributed by atoms with Crippen LogP contribution in [-0.2, 0) is 4.74 Å². The summed E-state index contributed by atoms with van der Waals surface area (Å²) in [5, 5.41) is 0. The fourth-order valence-electron chi connectivity index (χ4n) is 4.61. The molecule has 3 heterocycles. The minimum atomic E-state index is 0.242. The summed E-state index contributed by atoms with van der Waals surface area (Å²) in [6.07, 6.45) is 4.88. The molecular weight excluding hydrogens is 314 g/mol. The zero-order valence-corrected chi connectivity index (χ0v) is 15.7. The van der Waals surface area contributed by atoms with Crippen molar-refractivity contribution in [3.63, 3.8) is 0 Å². The molecule has 0 unspecified atom stereocenters. The number of piperidine rings is 1. The Hall–Kier alpha value is -1.33. The Kier molecular flexibility index (Phi) is 4.87. The van der Waals surface area contributed by atoms with E-state index in [0.29, 0.717) is 12.0 Å². The molecule has 0 spiro atoms. The number of hydrogen-bond acceptors (Lipinski definition) is 3.